The maximum Gasteiger partial charge on any atom is 0.240 e. The first-order valence-corrected chi connectivity index (χ1v) is 9.22. The number of rotatable bonds is 9. The van der Waals surface area contributed by atoms with Crippen LogP contribution in [0.1, 0.15) is 52.1 Å². The molecule has 0 aliphatic heterocycles. The largest absolute Gasteiger partial charge is 0.310 e. The van der Waals surface area contributed by atoms with Gasteiger partial charge in [-0.25, -0.2) is 13.1 Å². The van der Waals surface area contributed by atoms with Crippen LogP contribution in [0.4, 0.5) is 0 Å². The van der Waals surface area contributed by atoms with Crippen molar-refractivity contribution in [3.05, 3.63) is 29.8 Å². The van der Waals surface area contributed by atoms with Crippen LogP contribution in [-0.2, 0) is 10.0 Å². The van der Waals surface area contributed by atoms with Crippen molar-refractivity contribution in [2.24, 2.45) is 5.92 Å². The standard InChI is InChI=1S/C16H28N2O2S/c1-5-16(17-6-2)14-8-7-9-15(12-14)21(19,20)18-11-10-13(3)4/h7-9,12-13,16-18H,5-6,10-11H2,1-4H3. The molecule has 1 rings (SSSR count). The summed E-state index contributed by atoms with van der Waals surface area (Å²) in [5.74, 6) is 0.484. The number of nitrogens with one attached hydrogen (secondary N) is 2. The Morgan fingerprint density at radius 3 is 2.48 bits per heavy atom. The maximum absolute atomic E-state index is 12.3. The van der Waals surface area contributed by atoms with Crippen LogP contribution in [0.25, 0.3) is 0 Å². The lowest BCUT2D eigenvalue weighted by molar-refractivity contribution is 0.535. The number of sulfonamides is 1. The Morgan fingerprint density at radius 1 is 1.19 bits per heavy atom. The normalized spacial score (nSPS) is 13.6. The third-order valence-electron chi connectivity index (χ3n) is 3.44. The fraction of sp³-hybridized carbons (Fsp3) is 0.625. The van der Waals surface area contributed by atoms with E-state index in [0.29, 0.717) is 17.4 Å². The first-order chi connectivity index (χ1) is 9.90. The first-order valence-electron chi connectivity index (χ1n) is 7.73. The van der Waals surface area contributed by atoms with Crippen LogP contribution in [0, 0.1) is 5.92 Å². The topological polar surface area (TPSA) is 58.2 Å². The Bertz CT molecular complexity index is 527. The second kappa shape index (κ2) is 8.51. The maximum atomic E-state index is 12.3. The fourth-order valence-electron chi connectivity index (χ4n) is 2.21. The van der Waals surface area contributed by atoms with E-state index in [1.165, 1.54) is 0 Å². The minimum atomic E-state index is -3.41. The minimum Gasteiger partial charge on any atom is -0.310 e. The molecule has 5 heteroatoms. The van der Waals surface area contributed by atoms with Gasteiger partial charge in [-0.15, -0.1) is 0 Å². The SMILES string of the molecule is CCNC(CC)c1cccc(S(=O)(=O)NCCC(C)C)c1. The minimum absolute atomic E-state index is 0.195. The smallest absolute Gasteiger partial charge is 0.240 e. The summed E-state index contributed by atoms with van der Waals surface area (Å²) in [6.45, 7) is 9.65. The van der Waals surface area contributed by atoms with Gasteiger partial charge in [0.05, 0.1) is 4.90 Å². The Balaban J connectivity index is 2.87. The van der Waals surface area contributed by atoms with Gasteiger partial charge in [0.1, 0.15) is 0 Å². The zero-order chi connectivity index (χ0) is 15.9. The Labute approximate surface area is 129 Å². The van der Waals surface area contributed by atoms with Gasteiger partial charge in [-0.2, -0.15) is 0 Å². The van der Waals surface area contributed by atoms with Gasteiger partial charge in [0.15, 0.2) is 0 Å². The molecule has 0 amide bonds. The van der Waals surface area contributed by atoms with Crippen LogP contribution in [0.15, 0.2) is 29.2 Å². The van der Waals surface area contributed by atoms with Crippen molar-refractivity contribution >= 4 is 10.0 Å². The van der Waals surface area contributed by atoms with Crippen LogP contribution < -0.4 is 10.0 Å². The Kier molecular flexibility index (Phi) is 7.35. The second-order valence-corrected chi connectivity index (χ2v) is 7.44. The molecule has 0 fully saturated rings. The molecule has 0 radical (unpaired) electrons. The van der Waals surface area contributed by atoms with Gasteiger partial charge >= 0.3 is 0 Å². The molecule has 120 valence electrons. The molecule has 0 aliphatic rings. The molecule has 0 aromatic heterocycles. The predicted molar refractivity (Wildman–Crippen MR) is 87.8 cm³/mol. The molecule has 0 saturated carbocycles. The fourth-order valence-corrected chi connectivity index (χ4v) is 3.31. The lowest BCUT2D eigenvalue weighted by Crippen LogP contribution is -2.26. The molecule has 2 N–H and O–H groups in total. The van der Waals surface area contributed by atoms with Crippen LogP contribution in [0.2, 0.25) is 0 Å². The van der Waals surface area contributed by atoms with Crippen molar-refractivity contribution < 1.29 is 8.42 Å². The van der Waals surface area contributed by atoms with E-state index in [-0.39, 0.29) is 6.04 Å². The van der Waals surface area contributed by atoms with Crippen LogP contribution >= 0.6 is 0 Å². The average molecular weight is 312 g/mol. The lowest BCUT2D eigenvalue weighted by atomic mass is 10.0. The molecular weight excluding hydrogens is 284 g/mol. The van der Waals surface area contributed by atoms with Gasteiger partial charge in [0.2, 0.25) is 10.0 Å². The van der Waals surface area contributed by atoms with E-state index < -0.39 is 10.0 Å². The molecule has 1 aromatic carbocycles. The molecule has 21 heavy (non-hydrogen) atoms. The van der Waals surface area contributed by atoms with Crippen molar-refractivity contribution in [1.82, 2.24) is 10.0 Å². The summed E-state index contributed by atoms with van der Waals surface area (Å²) in [4.78, 5) is 0.347. The van der Waals surface area contributed by atoms with E-state index in [2.05, 4.69) is 37.7 Å². The highest BCUT2D eigenvalue weighted by molar-refractivity contribution is 7.89. The van der Waals surface area contributed by atoms with Gasteiger partial charge in [-0.1, -0.05) is 39.8 Å². The molecule has 4 nitrogen and oxygen atoms in total. The molecule has 0 heterocycles. The molecule has 1 unspecified atom stereocenters. The van der Waals surface area contributed by atoms with E-state index in [1.54, 1.807) is 12.1 Å². The second-order valence-electron chi connectivity index (χ2n) is 5.67. The van der Waals surface area contributed by atoms with Gasteiger partial charge in [-0.3, -0.25) is 0 Å². The zero-order valence-corrected chi connectivity index (χ0v) is 14.3. The number of hydrogen-bond acceptors (Lipinski definition) is 3. The summed E-state index contributed by atoms with van der Waals surface area (Å²) >= 11 is 0. The summed E-state index contributed by atoms with van der Waals surface area (Å²) in [7, 11) is -3.41. The summed E-state index contributed by atoms with van der Waals surface area (Å²) in [5.41, 5.74) is 1.02. The highest BCUT2D eigenvalue weighted by Crippen LogP contribution is 2.20. The van der Waals surface area contributed by atoms with Crippen LogP contribution in [0.3, 0.4) is 0 Å². The molecule has 0 bridgehead atoms. The van der Waals surface area contributed by atoms with Crippen LogP contribution in [-0.4, -0.2) is 21.5 Å². The van der Waals surface area contributed by atoms with E-state index in [9.17, 15) is 8.42 Å². The van der Waals surface area contributed by atoms with E-state index in [0.717, 1.165) is 24.9 Å². The molecule has 0 saturated heterocycles. The van der Waals surface area contributed by atoms with E-state index >= 15 is 0 Å². The zero-order valence-electron chi connectivity index (χ0n) is 13.5. The quantitative estimate of drug-likeness (QED) is 0.737. The summed E-state index contributed by atoms with van der Waals surface area (Å²) in [5, 5.41) is 3.37. The van der Waals surface area contributed by atoms with Crippen molar-refractivity contribution in [1.29, 1.82) is 0 Å². The monoisotopic (exact) mass is 312 g/mol. The Hall–Kier alpha value is -0.910. The van der Waals surface area contributed by atoms with Gasteiger partial charge in [0.25, 0.3) is 0 Å². The molecular formula is C16H28N2O2S. The van der Waals surface area contributed by atoms with Crippen LogP contribution in [0.5, 0.6) is 0 Å². The van der Waals surface area contributed by atoms with Crippen molar-refractivity contribution in [3.8, 4) is 0 Å². The molecule has 0 aliphatic carbocycles. The average Bonchev–Trinajstić information content (AvgIpc) is 2.44. The van der Waals surface area contributed by atoms with Crippen molar-refractivity contribution in [2.45, 2.75) is 51.5 Å². The number of benzene rings is 1. The third kappa shape index (κ3) is 5.77. The van der Waals surface area contributed by atoms with Gasteiger partial charge in [0, 0.05) is 12.6 Å². The van der Waals surface area contributed by atoms with Crippen molar-refractivity contribution in [3.63, 3.8) is 0 Å². The summed E-state index contributed by atoms with van der Waals surface area (Å²) in [6.07, 6.45) is 1.77. The highest BCUT2D eigenvalue weighted by atomic mass is 32.2. The lowest BCUT2D eigenvalue weighted by Gasteiger charge is -2.17. The summed E-state index contributed by atoms with van der Waals surface area (Å²) in [6, 6.07) is 7.41. The van der Waals surface area contributed by atoms with E-state index in [1.807, 2.05) is 12.1 Å². The van der Waals surface area contributed by atoms with Gasteiger partial charge in [-0.05, 0) is 43.0 Å². The first kappa shape index (κ1) is 18.1. The number of hydrogen-bond donors (Lipinski definition) is 2. The van der Waals surface area contributed by atoms with Gasteiger partial charge < -0.3 is 5.32 Å². The van der Waals surface area contributed by atoms with Crippen molar-refractivity contribution in [2.75, 3.05) is 13.1 Å². The molecule has 1 atom stereocenters. The highest BCUT2D eigenvalue weighted by Gasteiger charge is 2.16. The Morgan fingerprint density at radius 2 is 1.90 bits per heavy atom. The molecule has 1 aromatic rings. The summed E-state index contributed by atoms with van der Waals surface area (Å²) < 4.78 is 27.3. The predicted octanol–water partition coefficient (Wildman–Crippen LogP) is 3.07. The molecule has 0 spiro atoms. The third-order valence-corrected chi connectivity index (χ3v) is 4.90. The van der Waals surface area contributed by atoms with E-state index in [4.69, 9.17) is 0 Å².